The van der Waals surface area contributed by atoms with Crippen molar-refractivity contribution in [3.8, 4) is 0 Å². The molecule has 7 heteroatoms. The lowest BCUT2D eigenvalue weighted by molar-refractivity contribution is 0.607. The second-order valence-electron chi connectivity index (χ2n) is 4.03. The Labute approximate surface area is 104 Å². The normalized spacial score (nSPS) is 11.4. The van der Waals surface area contributed by atoms with E-state index < -0.39 is 10.0 Å². The lowest BCUT2D eigenvalue weighted by Gasteiger charge is -2.04. The third-order valence-corrected chi connectivity index (χ3v) is 2.91. The van der Waals surface area contributed by atoms with Gasteiger partial charge in [-0.1, -0.05) is 12.1 Å². The molecule has 1 aromatic heterocycles. The zero-order chi connectivity index (χ0) is 13.2. The molecule has 0 bridgehead atoms. The highest BCUT2D eigenvalue weighted by Gasteiger charge is 2.02. The Morgan fingerprint density at radius 2 is 1.83 bits per heavy atom. The van der Waals surface area contributed by atoms with Crippen LogP contribution in [-0.2, 0) is 16.4 Å². The van der Waals surface area contributed by atoms with Crippen molar-refractivity contribution in [3.05, 3.63) is 51.9 Å². The van der Waals surface area contributed by atoms with Crippen LogP contribution in [0.3, 0.4) is 0 Å². The summed E-state index contributed by atoms with van der Waals surface area (Å²) in [6.07, 6.45) is 1.68. The largest absolute Gasteiger partial charge is 0.302 e. The Balaban J connectivity index is 2.10. The summed E-state index contributed by atoms with van der Waals surface area (Å²) in [4.78, 5) is 10.9. The van der Waals surface area contributed by atoms with E-state index >= 15 is 0 Å². The van der Waals surface area contributed by atoms with Gasteiger partial charge >= 0.3 is 0 Å². The Morgan fingerprint density at radius 3 is 2.33 bits per heavy atom. The molecule has 6 nitrogen and oxygen atoms in total. The van der Waals surface area contributed by atoms with E-state index in [-0.39, 0.29) is 5.56 Å². The van der Waals surface area contributed by atoms with E-state index in [1.165, 1.54) is 6.07 Å². The Kier molecular flexibility index (Phi) is 3.24. The summed E-state index contributed by atoms with van der Waals surface area (Å²) in [5.41, 5.74) is 2.11. The maximum Gasteiger partial charge on any atom is 0.264 e. The molecular weight excluding hydrogens is 254 g/mol. The van der Waals surface area contributed by atoms with Crippen LogP contribution in [0.4, 0.5) is 5.69 Å². The van der Waals surface area contributed by atoms with Crippen molar-refractivity contribution in [2.45, 2.75) is 6.42 Å². The molecule has 0 saturated heterocycles. The average molecular weight is 267 g/mol. The first-order valence-electron chi connectivity index (χ1n) is 5.26. The quantitative estimate of drug-likeness (QED) is 0.759. The average Bonchev–Trinajstić information content (AvgIpc) is 2.65. The van der Waals surface area contributed by atoms with E-state index in [0.717, 1.165) is 17.5 Å². The van der Waals surface area contributed by atoms with E-state index in [9.17, 15) is 13.2 Å². The third-order valence-electron chi connectivity index (χ3n) is 2.30. The number of hydrogen-bond donors (Lipinski definition) is 3. The summed E-state index contributed by atoms with van der Waals surface area (Å²) in [5.74, 6) is 0. The van der Waals surface area contributed by atoms with Crippen LogP contribution >= 0.6 is 0 Å². The number of aromatic nitrogens is 2. The first-order chi connectivity index (χ1) is 8.42. The highest BCUT2D eigenvalue weighted by atomic mass is 32.2. The molecule has 0 saturated carbocycles. The van der Waals surface area contributed by atoms with Crippen molar-refractivity contribution in [1.82, 2.24) is 10.2 Å². The van der Waals surface area contributed by atoms with Crippen LogP contribution in [0.5, 0.6) is 0 Å². The molecule has 0 radical (unpaired) electrons. The standard InChI is InChI=1S/C11H13N3O3S/c1-18(16,17)14-9-4-2-8(3-5-9)6-10-7-11(15)13-12-10/h2-5,7,14H,6H2,1H3,(H2,12,13,15). The molecule has 0 unspecified atom stereocenters. The van der Waals surface area contributed by atoms with Crippen molar-refractivity contribution in [3.63, 3.8) is 0 Å². The second kappa shape index (κ2) is 4.69. The molecule has 0 spiro atoms. The maximum absolute atomic E-state index is 11.0. The van der Waals surface area contributed by atoms with Gasteiger partial charge in [-0.25, -0.2) is 8.42 Å². The number of H-pyrrole nitrogens is 2. The van der Waals surface area contributed by atoms with E-state index in [1.807, 2.05) is 0 Å². The van der Waals surface area contributed by atoms with Gasteiger partial charge in [0.2, 0.25) is 10.0 Å². The van der Waals surface area contributed by atoms with Gasteiger partial charge < -0.3 is 5.10 Å². The van der Waals surface area contributed by atoms with Gasteiger partial charge in [-0.15, -0.1) is 0 Å². The number of sulfonamides is 1. The molecule has 2 rings (SSSR count). The Bertz CT molecular complexity index is 683. The van der Waals surface area contributed by atoms with Gasteiger partial charge in [0.25, 0.3) is 5.56 Å². The van der Waals surface area contributed by atoms with Gasteiger partial charge in [0.15, 0.2) is 0 Å². The topological polar surface area (TPSA) is 94.8 Å². The molecule has 2 aromatic rings. The molecule has 1 heterocycles. The summed E-state index contributed by atoms with van der Waals surface area (Å²) < 4.78 is 24.4. The zero-order valence-corrected chi connectivity index (χ0v) is 10.5. The Morgan fingerprint density at radius 1 is 1.17 bits per heavy atom. The lowest BCUT2D eigenvalue weighted by Crippen LogP contribution is -2.09. The van der Waals surface area contributed by atoms with Crippen molar-refractivity contribution in [1.29, 1.82) is 0 Å². The maximum atomic E-state index is 11.0. The summed E-state index contributed by atoms with van der Waals surface area (Å²) in [7, 11) is -3.25. The molecule has 0 aliphatic rings. The van der Waals surface area contributed by atoms with Crippen LogP contribution in [-0.4, -0.2) is 24.9 Å². The van der Waals surface area contributed by atoms with Crippen LogP contribution in [0, 0.1) is 0 Å². The molecule has 0 aliphatic carbocycles. The van der Waals surface area contributed by atoms with Crippen LogP contribution in [0.15, 0.2) is 35.1 Å². The van der Waals surface area contributed by atoms with Crippen molar-refractivity contribution < 1.29 is 8.42 Å². The molecule has 96 valence electrons. The van der Waals surface area contributed by atoms with E-state index in [2.05, 4.69) is 14.9 Å². The molecule has 0 atom stereocenters. The molecule has 18 heavy (non-hydrogen) atoms. The molecular formula is C11H13N3O3S. The van der Waals surface area contributed by atoms with Gasteiger partial charge in [-0.05, 0) is 17.7 Å². The fraction of sp³-hybridized carbons (Fsp3) is 0.182. The van der Waals surface area contributed by atoms with Crippen LogP contribution in [0.2, 0.25) is 0 Å². The van der Waals surface area contributed by atoms with Crippen LogP contribution < -0.4 is 10.3 Å². The molecule has 0 amide bonds. The van der Waals surface area contributed by atoms with Gasteiger partial charge in [-0.2, -0.15) is 0 Å². The lowest BCUT2D eigenvalue weighted by atomic mass is 10.1. The fourth-order valence-corrected chi connectivity index (χ4v) is 2.16. The minimum Gasteiger partial charge on any atom is -0.302 e. The van der Waals surface area contributed by atoms with Crippen molar-refractivity contribution in [2.75, 3.05) is 11.0 Å². The fourth-order valence-electron chi connectivity index (χ4n) is 1.59. The van der Waals surface area contributed by atoms with Crippen molar-refractivity contribution >= 4 is 15.7 Å². The van der Waals surface area contributed by atoms with Gasteiger partial charge in [0.05, 0.1) is 6.26 Å². The summed E-state index contributed by atoms with van der Waals surface area (Å²) in [5, 5.41) is 5.22. The SMILES string of the molecule is CS(=O)(=O)Nc1ccc(Cc2cc(=O)[nH][nH]2)cc1. The number of benzene rings is 1. The minimum absolute atomic E-state index is 0.166. The highest BCUT2D eigenvalue weighted by Crippen LogP contribution is 2.12. The zero-order valence-electron chi connectivity index (χ0n) is 9.73. The first kappa shape index (κ1) is 12.4. The van der Waals surface area contributed by atoms with Crippen LogP contribution in [0.25, 0.3) is 0 Å². The highest BCUT2D eigenvalue weighted by molar-refractivity contribution is 7.92. The summed E-state index contributed by atoms with van der Waals surface area (Å²) in [6.45, 7) is 0. The smallest absolute Gasteiger partial charge is 0.264 e. The molecule has 0 aliphatic heterocycles. The van der Waals surface area contributed by atoms with Crippen molar-refractivity contribution in [2.24, 2.45) is 0 Å². The molecule has 3 N–H and O–H groups in total. The van der Waals surface area contributed by atoms with E-state index in [4.69, 9.17) is 0 Å². The predicted molar refractivity (Wildman–Crippen MR) is 69.1 cm³/mol. The molecule has 1 aromatic carbocycles. The number of rotatable bonds is 4. The molecule has 0 fully saturated rings. The first-order valence-corrected chi connectivity index (χ1v) is 7.15. The summed E-state index contributed by atoms with van der Waals surface area (Å²) in [6, 6.07) is 8.46. The number of hydrogen-bond acceptors (Lipinski definition) is 3. The van der Waals surface area contributed by atoms with Gasteiger partial charge in [-0.3, -0.25) is 14.6 Å². The number of aromatic amines is 2. The number of nitrogens with one attached hydrogen (secondary N) is 3. The second-order valence-corrected chi connectivity index (χ2v) is 5.78. The monoisotopic (exact) mass is 267 g/mol. The van der Waals surface area contributed by atoms with E-state index in [1.54, 1.807) is 24.3 Å². The third kappa shape index (κ3) is 3.49. The van der Waals surface area contributed by atoms with E-state index in [0.29, 0.717) is 12.1 Å². The number of anilines is 1. The minimum atomic E-state index is -3.25. The Hall–Kier alpha value is -2.02. The predicted octanol–water partition coefficient (Wildman–Crippen LogP) is 0.665. The van der Waals surface area contributed by atoms with Gasteiger partial charge in [0, 0.05) is 23.9 Å². The summed E-state index contributed by atoms with van der Waals surface area (Å²) >= 11 is 0. The van der Waals surface area contributed by atoms with Gasteiger partial charge in [0.1, 0.15) is 0 Å². The van der Waals surface area contributed by atoms with Crippen LogP contribution in [0.1, 0.15) is 11.3 Å².